The number of rotatable bonds is 4. The molecule has 3 rings (SSSR count). The molecule has 1 aliphatic rings. The highest BCUT2D eigenvalue weighted by molar-refractivity contribution is 5.76. The molecule has 1 N–H and O–H groups in total. The summed E-state index contributed by atoms with van der Waals surface area (Å²) in [4.78, 5) is 14.3. The molecule has 1 amide bonds. The number of carbonyl (C=O) groups is 1. The smallest absolute Gasteiger partial charge is 0.242 e. The average Bonchev–Trinajstić information content (AvgIpc) is 3.00. The lowest BCUT2D eigenvalue weighted by Gasteiger charge is -2.35. The predicted octanol–water partition coefficient (Wildman–Crippen LogP) is 2.12. The summed E-state index contributed by atoms with van der Waals surface area (Å²) in [6, 6.07) is 6.76. The van der Waals surface area contributed by atoms with Crippen LogP contribution in [0.3, 0.4) is 0 Å². The van der Waals surface area contributed by atoms with Crippen molar-refractivity contribution in [2.24, 2.45) is 0 Å². The second-order valence-corrected chi connectivity index (χ2v) is 5.99. The number of nitrogens with one attached hydrogen (secondary N) is 1. The molecule has 23 heavy (non-hydrogen) atoms. The zero-order valence-corrected chi connectivity index (χ0v) is 13.2. The first kappa shape index (κ1) is 15.5. The Labute approximate surface area is 135 Å². The third-order valence-electron chi connectivity index (χ3n) is 4.15. The van der Waals surface area contributed by atoms with Gasteiger partial charge in [-0.2, -0.15) is 5.10 Å². The summed E-state index contributed by atoms with van der Waals surface area (Å²) in [6.45, 7) is 3.83. The molecular formula is C17H21FN4O. The Kier molecular flexibility index (Phi) is 4.60. The molecule has 2 heterocycles. The van der Waals surface area contributed by atoms with Crippen molar-refractivity contribution in [3.63, 3.8) is 0 Å². The van der Waals surface area contributed by atoms with E-state index in [0.29, 0.717) is 0 Å². The fraction of sp³-hybridized carbons (Fsp3) is 0.412. The zero-order valence-electron chi connectivity index (χ0n) is 13.2. The maximum absolute atomic E-state index is 13.3. The topological polar surface area (TPSA) is 50.2 Å². The molecule has 0 radical (unpaired) electrons. The SMILES string of the molecule is Cc1cc(F)ccc1N1CCC[C@H](NC(=O)Cn2cccn2)C1. The number of carbonyl (C=O) groups excluding carboxylic acids is 1. The van der Waals surface area contributed by atoms with E-state index in [1.54, 1.807) is 29.2 Å². The highest BCUT2D eigenvalue weighted by Gasteiger charge is 2.22. The Morgan fingerprint density at radius 3 is 3.09 bits per heavy atom. The Morgan fingerprint density at radius 1 is 1.48 bits per heavy atom. The Balaban J connectivity index is 1.60. The average molecular weight is 316 g/mol. The molecular weight excluding hydrogens is 295 g/mol. The minimum Gasteiger partial charge on any atom is -0.369 e. The maximum Gasteiger partial charge on any atom is 0.242 e. The summed E-state index contributed by atoms with van der Waals surface area (Å²) in [5.74, 6) is -0.247. The van der Waals surface area contributed by atoms with Crippen molar-refractivity contribution in [1.29, 1.82) is 0 Å². The summed E-state index contributed by atoms with van der Waals surface area (Å²) in [5, 5.41) is 7.11. The van der Waals surface area contributed by atoms with E-state index in [1.165, 1.54) is 6.07 Å². The first-order valence-corrected chi connectivity index (χ1v) is 7.90. The molecule has 1 aromatic heterocycles. The molecule has 0 spiro atoms. The van der Waals surface area contributed by atoms with Gasteiger partial charge in [0.1, 0.15) is 12.4 Å². The number of aromatic nitrogens is 2. The summed E-state index contributed by atoms with van der Waals surface area (Å²) < 4.78 is 14.9. The number of aryl methyl sites for hydroxylation is 1. The number of halogens is 1. The van der Waals surface area contributed by atoms with Crippen LogP contribution >= 0.6 is 0 Å². The normalized spacial score (nSPS) is 18.0. The quantitative estimate of drug-likeness (QED) is 0.940. The van der Waals surface area contributed by atoms with E-state index >= 15 is 0 Å². The van der Waals surface area contributed by atoms with Gasteiger partial charge in [0, 0.05) is 37.2 Å². The highest BCUT2D eigenvalue weighted by atomic mass is 19.1. The molecule has 1 aromatic carbocycles. The number of benzene rings is 1. The van der Waals surface area contributed by atoms with Crippen LogP contribution in [-0.4, -0.2) is 34.8 Å². The van der Waals surface area contributed by atoms with Gasteiger partial charge in [-0.3, -0.25) is 9.48 Å². The van der Waals surface area contributed by atoms with Crippen LogP contribution in [0.1, 0.15) is 18.4 Å². The standard InChI is InChI=1S/C17H21FN4O/c1-13-10-14(18)5-6-16(13)21-8-2-4-15(11-21)20-17(23)12-22-9-3-7-19-22/h3,5-7,9-10,15H,2,4,8,11-12H2,1H3,(H,20,23)/t15-/m0/s1. The molecule has 0 unspecified atom stereocenters. The second kappa shape index (κ2) is 6.81. The monoisotopic (exact) mass is 316 g/mol. The van der Waals surface area contributed by atoms with Crippen molar-refractivity contribution < 1.29 is 9.18 Å². The van der Waals surface area contributed by atoms with Crippen LogP contribution in [0.4, 0.5) is 10.1 Å². The van der Waals surface area contributed by atoms with Crippen LogP contribution < -0.4 is 10.2 Å². The van der Waals surface area contributed by atoms with Crippen molar-refractivity contribution in [2.45, 2.75) is 32.4 Å². The van der Waals surface area contributed by atoms with Crippen molar-refractivity contribution in [1.82, 2.24) is 15.1 Å². The van der Waals surface area contributed by atoms with Crippen molar-refractivity contribution in [2.75, 3.05) is 18.0 Å². The van der Waals surface area contributed by atoms with Crippen LogP contribution in [0, 0.1) is 12.7 Å². The van der Waals surface area contributed by atoms with Gasteiger partial charge >= 0.3 is 0 Å². The second-order valence-electron chi connectivity index (χ2n) is 5.99. The van der Waals surface area contributed by atoms with Crippen LogP contribution in [0.5, 0.6) is 0 Å². The van der Waals surface area contributed by atoms with Gasteiger partial charge in [-0.05, 0) is 49.6 Å². The minimum absolute atomic E-state index is 0.0311. The van der Waals surface area contributed by atoms with Crippen LogP contribution in [0.2, 0.25) is 0 Å². The van der Waals surface area contributed by atoms with Gasteiger partial charge in [-0.25, -0.2) is 4.39 Å². The molecule has 2 aromatic rings. The summed E-state index contributed by atoms with van der Waals surface area (Å²) in [7, 11) is 0. The van der Waals surface area contributed by atoms with Gasteiger partial charge in [-0.15, -0.1) is 0 Å². The third-order valence-corrected chi connectivity index (χ3v) is 4.15. The lowest BCUT2D eigenvalue weighted by Crippen LogP contribution is -2.48. The van der Waals surface area contributed by atoms with Gasteiger partial charge in [-0.1, -0.05) is 0 Å². The lowest BCUT2D eigenvalue weighted by molar-refractivity contribution is -0.122. The van der Waals surface area contributed by atoms with E-state index in [0.717, 1.165) is 37.2 Å². The molecule has 1 fully saturated rings. The minimum atomic E-state index is -0.215. The molecule has 6 heteroatoms. The fourth-order valence-corrected chi connectivity index (χ4v) is 3.10. The van der Waals surface area contributed by atoms with E-state index in [9.17, 15) is 9.18 Å². The Morgan fingerprint density at radius 2 is 2.35 bits per heavy atom. The number of anilines is 1. The number of hydrogen-bond acceptors (Lipinski definition) is 3. The lowest BCUT2D eigenvalue weighted by atomic mass is 10.0. The third kappa shape index (κ3) is 3.88. The van der Waals surface area contributed by atoms with Crippen molar-refractivity contribution >= 4 is 11.6 Å². The van der Waals surface area contributed by atoms with E-state index in [-0.39, 0.29) is 24.3 Å². The van der Waals surface area contributed by atoms with E-state index in [2.05, 4.69) is 15.3 Å². The van der Waals surface area contributed by atoms with Gasteiger partial charge in [0.15, 0.2) is 0 Å². The molecule has 1 aliphatic heterocycles. The van der Waals surface area contributed by atoms with Crippen molar-refractivity contribution in [3.8, 4) is 0 Å². The van der Waals surface area contributed by atoms with E-state index < -0.39 is 0 Å². The molecule has 1 atom stereocenters. The van der Waals surface area contributed by atoms with Crippen LogP contribution in [0.25, 0.3) is 0 Å². The van der Waals surface area contributed by atoms with Gasteiger partial charge < -0.3 is 10.2 Å². The fourth-order valence-electron chi connectivity index (χ4n) is 3.10. The predicted molar refractivity (Wildman–Crippen MR) is 86.7 cm³/mol. The van der Waals surface area contributed by atoms with Gasteiger partial charge in [0.25, 0.3) is 0 Å². The zero-order chi connectivity index (χ0) is 16.2. The molecule has 0 aliphatic carbocycles. The first-order chi connectivity index (χ1) is 11.1. The highest BCUT2D eigenvalue weighted by Crippen LogP contribution is 2.24. The Bertz CT molecular complexity index is 671. The Hall–Kier alpha value is -2.37. The van der Waals surface area contributed by atoms with E-state index in [1.807, 2.05) is 13.0 Å². The molecule has 5 nitrogen and oxygen atoms in total. The summed E-state index contributed by atoms with van der Waals surface area (Å²) >= 11 is 0. The van der Waals surface area contributed by atoms with Gasteiger partial charge in [0.2, 0.25) is 5.91 Å². The largest absolute Gasteiger partial charge is 0.369 e. The number of amides is 1. The van der Waals surface area contributed by atoms with Crippen molar-refractivity contribution in [3.05, 3.63) is 48.0 Å². The molecule has 0 saturated carbocycles. The number of piperidine rings is 1. The molecule has 122 valence electrons. The molecule has 1 saturated heterocycles. The summed E-state index contributed by atoms with van der Waals surface area (Å²) in [5.41, 5.74) is 1.96. The first-order valence-electron chi connectivity index (χ1n) is 7.90. The van der Waals surface area contributed by atoms with E-state index in [4.69, 9.17) is 0 Å². The molecule has 0 bridgehead atoms. The number of nitrogens with zero attached hydrogens (tertiary/aromatic N) is 3. The summed E-state index contributed by atoms with van der Waals surface area (Å²) in [6.07, 6.45) is 5.40. The maximum atomic E-state index is 13.3. The van der Waals surface area contributed by atoms with Crippen LogP contribution in [-0.2, 0) is 11.3 Å². The number of hydrogen-bond donors (Lipinski definition) is 1. The van der Waals surface area contributed by atoms with Gasteiger partial charge in [0.05, 0.1) is 0 Å². The van der Waals surface area contributed by atoms with Crippen LogP contribution in [0.15, 0.2) is 36.7 Å².